The van der Waals surface area contributed by atoms with E-state index in [1.54, 1.807) is 0 Å². The van der Waals surface area contributed by atoms with Gasteiger partial charge < -0.3 is 14.2 Å². The molecule has 63 heavy (non-hydrogen) atoms. The quantitative estimate of drug-likeness (QED) is 0.0344. The van der Waals surface area contributed by atoms with Crippen LogP contribution in [0.15, 0.2) is 0 Å². The maximum atomic E-state index is 12.8. The first-order valence-corrected chi connectivity index (χ1v) is 28.4. The van der Waals surface area contributed by atoms with Gasteiger partial charge in [0.2, 0.25) is 0 Å². The van der Waals surface area contributed by atoms with Gasteiger partial charge in [0.05, 0.1) is 0 Å². The Morgan fingerprint density at radius 3 is 0.825 bits per heavy atom. The molecule has 0 spiro atoms. The van der Waals surface area contributed by atoms with Crippen LogP contribution in [0.2, 0.25) is 0 Å². The van der Waals surface area contributed by atoms with Gasteiger partial charge in [-0.1, -0.05) is 285 Å². The molecule has 0 aromatic carbocycles. The molecule has 0 bridgehead atoms. The second-order valence-corrected chi connectivity index (χ2v) is 19.8. The van der Waals surface area contributed by atoms with Crippen molar-refractivity contribution < 1.29 is 28.6 Å². The number of rotatable bonds is 52. The molecule has 1 unspecified atom stereocenters. The first-order valence-electron chi connectivity index (χ1n) is 28.4. The molecule has 0 rings (SSSR count). The second-order valence-electron chi connectivity index (χ2n) is 19.8. The number of hydrogen-bond donors (Lipinski definition) is 0. The molecule has 2 atom stereocenters. The summed E-state index contributed by atoms with van der Waals surface area (Å²) in [7, 11) is 0. The van der Waals surface area contributed by atoms with Crippen LogP contribution in [0.4, 0.5) is 0 Å². The van der Waals surface area contributed by atoms with Gasteiger partial charge in [0.1, 0.15) is 13.2 Å². The van der Waals surface area contributed by atoms with E-state index in [1.165, 1.54) is 218 Å². The normalized spacial score (nSPS) is 12.4. The van der Waals surface area contributed by atoms with Crippen molar-refractivity contribution in [3.63, 3.8) is 0 Å². The zero-order valence-corrected chi connectivity index (χ0v) is 43.0. The summed E-state index contributed by atoms with van der Waals surface area (Å²) in [6.07, 6.45) is 55.2. The first-order chi connectivity index (χ1) is 30.9. The van der Waals surface area contributed by atoms with E-state index < -0.39 is 6.10 Å². The largest absolute Gasteiger partial charge is 0.462 e. The molecule has 0 aliphatic rings. The Morgan fingerprint density at radius 2 is 0.556 bits per heavy atom. The van der Waals surface area contributed by atoms with Crippen LogP contribution in [0.3, 0.4) is 0 Å². The van der Waals surface area contributed by atoms with E-state index in [0.717, 1.165) is 63.7 Å². The van der Waals surface area contributed by atoms with Crippen molar-refractivity contribution >= 4 is 17.9 Å². The SMILES string of the molecule is CCCCCCCCCCCCCCC(=O)OC[C@H](COC(=O)CCCCCCCCCCCCCCCCCCCCC(C)CC)OC(=O)CCCCCCCCCCCCC. The van der Waals surface area contributed by atoms with Crippen LogP contribution in [-0.4, -0.2) is 37.2 Å². The van der Waals surface area contributed by atoms with Crippen molar-refractivity contribution in [2.75, 3.05) is 13.2 Å². The standard InChI is InChI=1S/C57H110O6/c1-5-8-10-12-14-16-18-29-32-36-40-44-48-55(58)61-51-54(63-57(60)50-46-42-38-34-27-17-15-13-11-9-6-2)52-62-56(59)49-45-41-37-33-30-26-24-22-20-19-21-23-25-28-31-35-39-43-47-53(4)7-3/h53-54H,5-52H2,1-4H3/t53?,54-/m1/s1. The second kappa shape index (κ2) is 51.4. The summed E-state index contributed by atoms with van der Waals surface area (Å²) >= 11 is 0. The number of unbranched alkanes of at least 4 members (excludes halogenated alkanes) is 38. The van der Waals surface area contributed by atoms with E-state index >= 15 is 0 Å². The topological polar surface area (TPSA) is 78.9 Å². The number of ether oxygens (including phenoxy) is 3. The molecular formula is C57H110O6. The highest BCUT2D eigenvalue weighted by Crippen LogP contribution is 2.18. The average molecular weight is 892 g/mol. The summed E-state index contributed by atoms with van der Waals surface area (Å²) < 4.78 is 16.8. The van der Waals surface area contributed by atoms with E-state index in [0.29, 0.717) is 19.3 Å². The summed E-state index contributed by atoms with van der Waals surface area (Å²) in [6, 6.07) is 0. The number of esters is 3. The minimum Gasteiger partial charge on any atom is -0.462 e. The highest BCUT2D eigenvalue weighted by molar-refractivity contribution is 5.71. The van der Waals surface area contributed by atoms with Crippen LogP contribution in [0.5, 0.6) is 0 Å². The average Bonchev–Trinajstić information content (AvgIpc) is 3.28. The molecule has 0 aliphatic heterocycles. The third-order valence-electron chi connectivity index (χ3n) is 13.4. The summed E-state index contributed by atoms with van der Waals surface area (Å²) in [5.74, 6) is 0.0708. The Hall–Kier alpha value is -1.59. The Balaban J connectivity index is 4.18. The summed E-state index contributed by atoms with van der Waals surface area (Å²) in [5.41, 5.74) is 0. The molecule has 0 N–H and O–H groups in total. The van der Waals surface area contributed by atoms with Crippen molar-refractivity contribution in [3.05, 3.63) is 0 Å². The van der Waals surface area contributed by atoms with E-state index in [1.807, 2.05) is 0 Å². The van der Waals surface area contributed by atoms with Gasteiger partial charge >= 0.3 is 17.9 Å². The van der Waals surface area contributed by atoms with E-state index in [-0.39, 0.29) is 31.1 Å². The lowest BCUT2D eigenvalue weighted by Gasteiger charge is -2.18. The lowest BCUT2D eigenvalue weighted by molar-refractivity contribution is -0.167. The number of carbonyl (C=O) groups is 3. The molecule has 0 amide bonds. The summed E-state index contributed by atoms with van der Waals surface area (Å²) in [6.45, 7) is 9.09. The lowest BCUT2D eigenvalue weighted by atomic mass is 9.99. The maximum Gasteiger partial charge on any atom is 0.306 e. The zero-order valence-electron chi connectivity index (χ0n) is 43.0. The Bertz CT molecular complexity index is 951. The zero-order chi connectivity index (χ0) is 45.9. The maximum absolute atomic E-state index is 12.8. The van der Waals surface area contributed by atoms with Crippen molar-refractivity contribution in [2.24, 2.45) is 5.92 Å². The Morgan fingerprint density at radius 1 is 0.317 bits per heavy atom. The van der Waals surface area contributed by atoms with Gasteiger partial charge in [-0.2, -0.15) is 0 Å². The molecule has 0 saturated heterocycles. The molecule has 0 heterocycles. The fourth-order valence-corrected chi connectivity index (χ4v) is 8.72. The third kappa shape index (κ3) is 49.7. The Labute approximate surface area is 393 Å². The molecule has 0 fully saturated rings. The molecule has 6 nitrogen and oxygen atoms in total. The minimum atomic E-state index is -0.760. The predicted octanol–water partition coefficient (Wildman–Crippen LogP) is 18.6. The molecule has 0 aromatic rings. The molecule has 0 saturated carbocycles. The van der Waals surface area contributed by atoms with Crippen LogP contribution in [0.1, 0.15) is 323 Å². The molecule has 374 valence electrons. The van der Waals surface area contributed by atoms with E-state index in [9.17, 15) is 14.4 Å². The van der Waals surface area contributed by atoms with Crippen LogP contribution < -0.4 is 0 Å². The van der Waals surface area contributed by atoms with Gasteiger partial charge in [0.25, 0.3) is 0 Å². The van der Waals surface area contributed by atoms with Crippen LogP contribution in [0.25, 0.3) is 0 Å². The fraction of sp³-hybridized carbons (Fsp3) is 0.947. The highest BCUT2D eigenvalue weighted by atomic mass is 16.6. The number of hydrogen-bond acceptors (Lipinski definition) is 6. The van der Waals surface area contributed by atoms with Gasteiger partial charge in [0.15, 0.2) is 6.10 Å². The molecule has 0 aromatic heterocycles. The van der Waals surface area contributed by atoms with Crippen molar-refractivity contribution in [2.45, 2.75) is 329 Å². The first kappa shape index (κ1) is 61.4. The smallest absolute Gasteiger partial charge is 0.306 e. The van der Waals surface area contributed by atoms with Gasteiger partial charge in [-0.25, -0.2) is 0 Å². The van der Waals surface area contributed by atoms with Gasteiger partial charge in [-0.15, -0.1) is 0 Å². The monoisotopic (exact) mass is 891 g/mol. The summed E-state index contributed by atoms with van der Waals surface area (Å²) in [4.78, 5) is 38.0. The molecule has 0 radical (unpaired) electrons. The molecule has 0 aliphatic carbocycles. The fourth-order valence-electron chi connectivity index (χ4n) is 8.72. The lowest BCUT2D eigenvalue weighted by Crippen LogP contribution is -2.30. The van der Waals surface area contributed by atoms with Crippen LogP contribution >= 0.6 is 0 Å². The summed E-state index contributed by atoms with van der Waals surface area (Å²) in [5, 5.41) is 0. The van der Waals surface area contributed by atoms with E-state index in [2.05, 4.69) is 27.7 Å². The molecular weight excluding hydrogens is 781 g/mol. The van der Waals surface area contributed by atoms with E-state index in [4.69, 9.17) is 14.2 Å². The van der Waals surface area contributed by atoms with Crippen molar-refractivity contribution in [1.29, 1.82) is 0 Å². The van der Waals surface area contributed by atoms with Crippen LogP contribution in [-0.2, 0) is 28.6 Å². The molecule has 6 heteroatoms. The predicted molar refractivity (Wildman–Crippen MR) is 270 cm³/mol. The number of carbonyl (C=O) groups excluding carboxylic acids is 3. The van der Waals surface area contributed by atoms with Crippen LogP contribution in [0, 0.1) is 5.92 Å². The Kier molecular flexibility index (Phi) is 50.1. The highest BCUT2D eigenvalue weighted by Gasteiger charge is 2.19. The van der Waals surface area contributed by atoms with Gasteiger partial charge in [-0.05, 0) is 25.2 Å². The van der Waals surface area contributed by atoms with Gasteiger partial charge in [0, 0.05) is 19.3 Å². The van der Waals surface area contributed by atoms with Gasteiger partial charge in [-0.3, -0.25) is 14.4 Å². The third-order valence-corrected chi connectivity index (χ3v) is 13.4. The van der Waals surface area contributed by atoms with Crippen molar-refractivity contribution in [3.8, 4) is 0 Å². The minimum absolute atomic E-state index is 0.0621. The van der Waals surface area contributed by atoms with Crippen molar-refractivity contribution in [1.82, 2.24) is 0 Å².